The smallest absolute Gasteiger partial charge is 0.309 e. The van der Waals surface area contributed by atoms with Gasteiger partial charge < -0.3 is 9.76 Å². The molecule has 0 saturated carbocycles. The van der Waals surface area contributed by atoms with Gasteiger partial charge in [0.05, 0.1) is 11.2 Å². The summed E-state index contributed by atoms with van der Waals surface area (Å²) >= 11 is 0. The molecule has 0 aliphatic carbocycles. The highest BCUT2D eigenvalue weighted by Crippen LogP contribution is 2.24. The third-order valence-electron chi connectivity index (χ3n) is 4.13. The Morgan fingerprint density at radius 2 is 1.55 bits per heavy atom. The Morgan fingerprint density at radius 3 is 2.20 bits per heavy atom. The summed E-state index contributed by atoms with van der Waals surface area (Å²) < 4.78 is 5.90. The molecule has 0 bridgehead atoms. The van der Waals surface area contributed by atoms with E-state index in [0.717, 1.165) is 5.46 Å². The van der Waals surface area contributed by atoms with Gasteiger partial charge in [0.25, 0.3) is 0 Å². The van der Waals surface area contributed by atoms with Crippen LogP contribution in [-0.4, -0.2) is 23.8 Å². The number of fused-ring (bicyclic) bond motifs is 1. The molecule has 2 rings (SSSR count). The zero-order valence-corrected chi connectivity index (χ0v) is 13.0. The molecule has 0 aliphatic heterocycles. The Kier molecular flexibility index (Phi) is 3.94. The lowest BCUT2D eigenvalue weighted by Gasteiger charge is -2.37. The van der Waals surface area contributed by atoms with Crippen LogP contribution in [0.5, 0.6) is 0 Å². The van der Waals surface area contributed by atoms with Crippen LogP contribution in [0.4, 0.5) is 0 Å². The first-order chi connectivity index (χ1) is 9.19. The SMILES string of the molecule is Cc1ccc2cc(BOC(C)(C)C(C)(C)O)ccc2c1. The molecule has 106 valence electrons. The van der Waals surface area contributed by atoms with Gasteiger partial charge in [0.15, 0.2) is 0 Å². The van der Waals surface area contributed by atoms with Crippen LogP contribution in [0, 0.1) is 6.92 Å². The largest absolute Gasteiger partial charge is 0.427 e. The standard InChI is InChI=1S/C17H23BO2/c1-12-6-7-14-11-15(9-8-13(14)10-12)18-20-17(4,5)16(2,3)19/h6-11,18-19H,1-5H3. The van der Waals surface area contributed by atoms with Gasteiger partial charge in [-0.2, -0.15) is 0 Å². The van der Waals surface area contributed by atoms with Crippen molar-refractivity contribution in [2.24, 2.45) is 0 Å². The summed E-state index contributed by atoms with van der Waals surface area (Å²) in [4.78, 5) is 0. The minimum atomic E-state index is -0.874. The summed E-state index contributed by atoms with van der Waals surface area (Å²) in [6.07, 6.45) is 0. The van der Waals surface area contributed by atoms with Crippen LogP contribution in [-0.2, 0) is 4.65 Å². The molecule has 0 aromatic heterocycles. The monoisotopic (exact) mass is 270 g/mol. The number of rotatable bonds is 4. The second-order valence-electron chi connectivity index (χ2n) is 6.54. The topological polar surface area (TPSA) is 29.5 Å². The Balaban J connectivity index is 2.17. The molecule has 1 N–H and O–H groups in total. The summed E-state index contributed by atoms with van der Waals surface area (Å²) in [7, 11) is 0.501. The second kappa shape index (κ2) is 5.23. The molecule has 0 spiro atoms. The first kappa shape index (κ1) is 15.1. The molecule has 2 aromatic rings. The van der Waals surface area contributed by atoms with E-state index in [4.69, 9.17) is 4.65 Å². The molecule has 0 heterocycles. The quantitative estimate of drug-likeness (QED) is 0.865. The lowest BCUT2D eigenvalue weighted by Crippen LogP contribution is -2.49. The van der Waals surface area contributed by atoms with Gasteiger partial charge in [-0.3, -0.25) is 0 Å². The molecule has 0 unspecified atom stereocenters. The molecular weight excluding hydrogens is 247 g/mol. The van der Waals surface area contributed by atoms with Crippen molar-refractivity contribution in [3.8, 4) is 0 Å². The highest BCUT2D eigenvalue weighted by atomic mass is 16.5. The minimum Gasteiger partial charge on any atom is -0.427 e. The number of hydrogen-bond acceptors (Lipinski definition) is 2. The van der Waals surface area contributed by atoms with Gasteiger partial charge in [-0.15, -0.1) is 0 Å². The highest BCUT2D eigenvalue weighted by molar-refractivity contribution is 6.47. The number of hydrogen-bond donors (Lipinski definition) is 1. The Morgan fingerprint density at radius 1 is 0.950 bits per heavy atom. The molecular formula is C17H23BO2. The fourth-order valence-electron chi connectivity index (χ4n) is 1.94. The lowest BCUT2D eigenvalue weighted by molar-refractivity contribution is -0.0893. The van der Waals surface area contributed by atoms with Gasteiger partial charge in [0, 0.05) is 0 Å². The van der Waals surface area contributed by atoms with Gasteiger partial charge >= 0.3 is 7.48 Å². The van der Waals surface area contributed by atoms with E-state index in [1.165, 1.54) is 16.3 Å². The Bertz CT molecular complexity index is 612. The van der Waals surface area contributed by atoms with Crippen molar-refractivity contribution >= 4 is 23.7 Å². The van der Waals surface area contributed by atoms with E-state index in [9.17, 15) is 5.11 Å². The predicted molar refractivity (Wildman–Crippen MR) is 86.9 cm³/mol. The van der Waals surface area contributed by atoms with Gasteiger partial charge in [-0.05, 0) is 45.4 Å². The van der Waals surface area contributed by atoms with Crippen LogP contribution in [0.1, 0.15) is 33.3 Å². The van der Waals surface area contributed by atoms with E-state index in [-0.39, 0.29) is 0 Å². The number of benzene rings is 2. The van der Waals surface area contributed by atoms with Gasteiger partial charge in [0.1, 0.15) is 0 Å². The molecule has 0 amide bonds. The molecule has 0 fully saturated rings. The van der Waals surface area contributed by atoms with Crippen molar-refractivity contribution in [2.75, 3.05) is 0 Å². The Labute approximate surface area is 122 Å². The van der Waals surface area contributed by atoms with Gasteiger partial charge in [-0.25, -0.2) is 0 Å². The first-order valence-corrected chi connectivity index (χ1v) is 7.05. The molecule has 0 aliphatic rings. The minimum absolute atomic E-state index is 0.501. The zero-order valence-electron chi connectivity index (χ0n) is 13.0. The van der Waals surface area contributed by atoms with Crippen molar-refractivity contribution in [1.82, 2.24) is 0 Å². The Hall–Kier alpha value is -1.32. The van der Waals surface area contributed by atoms with E-state index in [2.05, 4.69) is 43.3 Å². The van der Waals surface area contributed by atoms with Crippen LogP contribution < -0.4 is 5.46 Å². The maximum absolute atomic E-state index is 10.1. The summed E-state index contributed by atoms with van der Waals surface area (Å²) in [5.41, 5.74) is 0.930. The van der Waals surface area contributed by atoms with Crippen LogP contribution in [0.3, 0.4) is 0 Å². The van der Waals surface area contributed by atoms with Crippen LogP contribution in [0.2, 0.25) is 0 Å². The highest BCUT2D eigenvalue weighted by Gasteiger charge is 2.35. The summed E-state index contributed by atoms with van der Waals surface area (Å²) in [6.45, 7) is 9.48. The summed E-state index contributed by atoms with van der Waals surface area (Å²) in [6, 6.07) is 12.8. The average molecular weight is 270 g/mol. The fourth-order valence-corrected chi connectivity index (χ4v) is 1.94. The van der Waals surface area contributed by atoms with Crippen molar-refractivity contribution in [2.45, 2.75) is 45.8 Å². The maximum atomic E-state index is 10.1. The molecule has 20 heavy (non-hydrogen) atoms. The number of aliphatic hydroxyl groups is 1. The van der Waals surface area contributed by atoms with E-state index >= 15 is 0 Å². The number of aryl methyl sites for hydroxylation is 1. The maximum Gasteiger partial charge on any atom is 0.309 e. The van der Waals surface area contributed by atoms with E-state index in [1.807, 2.05) is 13.8 Å². The average Bonchev–Trinajstić information content (AvgIpc) is 2.35. The van der Waals surface area contributed by atoms with Crippen LogP contribution in [0.25, 0.3) is 10.8 Å². The predicted octanol–water partition coefficient (Wildman–Crippen LogP) is 2.69. The van der Waals surface area contributed by atoms with Gasteiger partial charge in [-0.1, -0.05) is 47.4 Å². The molecule has 0 atom stereocenters. The molecule has 2 aromatic carbocycles. The molecule has 0 radical (unpaired) electrons. The molecule has 2 nitrogen and oxygen atoms in total. The van der Waals surface area contributed by atoms with Gasteiger partial charge in [0.2, 0.25) is 0 Å². The molecule has 3 heteroatoms. The fraction of sp³-hybridized carbons (Fsp3) is 0.412. The second-order valence-corrected chi connectivity index (χ2v) is 6.54. The van der Waals surface area contributed by atoms with Crippen molar-refractivity contribution < 1.29 is 9.76 Å². The van der Waals surface area contributed by atoms with E-state index in [1.54, 1.807) is 13.8 Å². The summed E-state index contributed by atoms with van der Waals surface area (Å²) in [5.74, 6) is 0. The third kappa shape index (κ3) is 3.22. The third-order valence-corrected chi connectivity index (χ3v) is 4.13. The first-order valence-electron chi connectivity index (χ1n) is 7.05. The van der Waals surface area contributed by atoms with Crippen LogP contribution >= 0.6 is 0 Å². The van der Waals surface area contributed by atoms with Crippen molar-refractivity contribution in [3.05, 3.63) is 42.0 Å². The zero-order chi connectivity index (χ0) is 15.0. The van der Waals surface area contributed by atoms with E-state index in [0.29, 0.717) is 7.48 Å². The normalized spacial score (nSPS) is 12.7. The molecule has 0 saturated heterocycles. The summed E-state index contributed by atoms with van der Waals surface area (Å²) in [5, 5.41) is 12.6. The van der Waals surface area contributed by atoms with Crippen LogP contribution in [0.15, 0.2) is 36.4 Å². The van der Waals surface area contributed by atoms with Crippen molar-refractivity contribution in [1.29, 1.82) is 0 Å². The van der Waals surface area contributed by atoms with Crippen molar-refractivity contribution in [3.63, 3.8) is 0 Å². The lowest BCUT2D eigenvalue weighted by atomic mass is 9.82. The van der Waals surface area contributed by atoms with E-state index < -0.39 is 11.2 Å².